The van der Waals surface area contributed by atoms with Crippen molar-refractivity contribution in [2.45, 2.75) is 13.0 Å². The summed E-state index contributed by atoms with van der Waals surface area (Å²) in [4.78, 5) is 11.3. The lowest BCUT2D eigenvalue weighted by atomic mass is 10.2. The molecule has 1 aromatic rings. The number of carbonyl (C=O) groups is 1. The highest BCUT2D eigenvalue weighted by atomic mass is 16.5. The third kappa shape index (κ3) is 1.38. The standard InChI is InChI=1S/C9H11N3O2/c1-5-9(13)11-7-4-6(12-10)2-3-8(7)14-5/h2-5,12H,10H2,1H3,(H,11,13). The number of rotatable bonds is 1. The molecular formula is C9H11N3O2. The second-order valence-electron chi connectivity index (χ2n) is 3.10. The molecular weight excluding hydrogens is 182 g/mol. The maximum Gasteiger partial charge on any atom is 0.265 e. The van der Waals surface area contributed by atoms with Crippen LogP contribution in [-0.2, 0) is 4.79 Å². The van der Waals surface area contributed by atoms with Gasteiger partial charge in [0.05, 0.1) is 11.4 Å². The number of fused-ring (bicyclic) bond motifs is 1. The highest BCUT2D eigenvalue weighted by molar-refractivity contribution is 5.98. The second kappa shape index (κ2) is 3.19. The quantitative estimate of drug-likeness (QED) is 0.453. The molecule has 14 heavy (non-hydrogen) atoms. The Labute approximate surface area is 81.2 Å². The van der Waals surface area contributed by atoms with E-state index in [1.54, 1.807) is 25.1 Å². The molecule has 0 saturated carbocycles. The lowest BCUT2D eigenvalue weighted by Crippen LogP contribution is -2.34. The number of hydrazine groups is 1. The van der Waals surface area contributed by atoms with E-state index in [-0.39, 0.29) is 5.91 Å². The Morgan fingerprint density at radius 2 is 2.36 bits per heavy atom. The van der Waals surface area contributed by atoms with Crippen LogP contribution in [0, 0.1) is 0 Å². The van der Waals surface area contributed by atoms with Gasteiger partial charge in [-0.05, 0) is 25.1 Å². The van der Waals surface area contributed by atoms with E-state index < -0.39 is 6.10 Å². The van der Waals surface area contributed by atoms with E-state index in [2.05, 4.69) is 10.7 Å². The zero-order chi connectivity index (χ0) is 10.1. The molecule has 1 aliphatic rings. The molecule has 1 aromatic carbocycles. The Kier molecular flexibility index (Phi) is 2.01. The SMILES string of the molecule is CC1Oc2ccc(NN)cc2NC1=O. The van der Waals surface area contributed by atoms with Crippen LogP contribution in [0.15, 0.2) is 18.2 Å². The minimum Gasteiger partial charge on any atom is -0.479 e. The van der Waals surface area contributed by atoms with Crippen molar-refractivity contribution in [2.75, 3.05) is 10.7 Å². The van der Waals surface area contributed by atoms with Gasteiger partial charge in [-0.3, -0.25) is 10.6 Å². The van der Waals surface area contributed by atoms with Gasteiger partial charge in [-0.1, -0.05) is 0 Å². The largest absolute Gasteiger partial charge is 0.479 e. The van der Waals surface area contributed by atoms with Crippen LogP contribution >= 0.6 is 0 Å². The van der Waals surface area contributed by atoms with Gasteiger partial charge in [0, 0.05) is 0 Å². The van der Waals surface area contributed by atoms with Crippen molar-refractivity contribution in [3.05, 3.63) is 18.2 Å². The highest BCUT2D eigenvalue weighted by Crippen LogP contribution is 2.31. The summed E-state index contributed by atoms with van der Waals surface area (Å²) in [6, 6.07) is 5.27. The van der Waals surface area contributed by atoms with Crippen LogP contribution in [0.25, 0.3) is 0 Å². The van der Waals surface area contributed by atoms with E-state index >= 15 is 0 Å². The summed E-state index contributed by atoms with van der Waals surface area (Å²) >= 11 is 0. The van der Waals surface area contributed by atoms with Gasteiger partial charge in [0.1, 0.15) is 5.75 Å². The first-order valence-corrected chi connectivity index (χ1v) is 4.29. The first kappa shape index (κ1) is 8.83. The molecule has 0 fully saturated rings. The summed E-state index contributed by atoms with van der Waals surface area (Å²) in [6.45, 7) is 1.70. The molecule has 5 nitrogen and oxygen atoms in total. The topological polar surface area (TPSA) is 76.4 Å². The van der Waals surface area contributed by atoms with Gasteiger partial charge in [0.25, 0.3) is 5.91 Å². The zero-order valence-electron chi connectivity index (χ0n) is 7.70. The first-order valence-electron chi connectivity index (χ1n) is 4.29. The average molecular weight is 193 g/mol. The van der Waals surface area contributed by atoms with Gasteiger partial charge in [-0.25, -0.2) is 0 Å². The number of hydrogen-bond donors (Lipinski definition) is 3. The van der Waals surface area contributed by atoms with Crippen molar-refractivity contribution < 1.29 is 9.53 Å². The summed E-state index contributed by atoms with van der Waals surface area (Å²) in [6.07, 6.45) is -0.445. The molecule has 1 amide bonds. The van der Waals surface area contributed by atoms with E-state index in [9.17, 15) is 4.79 Å². The summed E-state index contributed by atoms with van der Waals surface area (Å²) in [7, 11) is 0. The predicted molar refractivity (Wildman–Crippen MR) is 53.0 cm³/mol. The van der Waals surface area contributed by atoms with Crippen molar-refractivity contribution in [1.82, 2.24) is 0 Å². The Bertz CT molecular complexity index is 378. The van der Waals surface area contributed by atoms with Crippen LogP contribution in [0.1, 0.15) is 6.92 Å². The van der Waals surface area contributed by atoms with E-state index in [0.717, 1.165) is 5.69 Å². The van der Waals surface area contributed by atoms with Gasteiger partial charge < -0.3 is 15.5 Å². The number of anilines is 2. The summed E-state index contributed by atoms with van der Waals surface area (Å²) in [5, 5.41) is 2.72. The minimum absolute atomic E-state index is 0.147. The smallest absolute Gasteiger partial charge is 0.265 e. The Morgan fingerprint density at radius 1 is 1.57 bits per heavy atom. The van der Waals surface area contributed by atoms with Crippen LogP contribution < -0.4 is 21.3 Å². The molecule has 0 radical (unpaired) electrons. The molecule has 2 rings (SSSR count). The normalized spacial score (nSPS) is 19.3. The fourth-order valence-electron chi connectivity index (χ4n) is 1.30. The van der Waals surface area contributed by atoms with Crippen LogP contribution in [0.2, 0.25) is 0 Å². The van der Waals surface area contributed by atoms with E-state index in [0.29, 0.717) is 11.4 Å². The molecule has 1 heterocycles. The molecule has 0 aliphatic carbocycles. The molecule has 1 aliphatic heterocycles. The average Bonchev–Trinajstić information content (AvgIpc) is 2.19. The van der Waals surface area contributed by atoms with Gasteiger partial charge >= 0.3 is 0 Å². The van der Waals surface area contributed by atoms with Crippen molar-refractivity contribution in [2.24, 2.45) is 5.84 Å². The molecule has 1 atom stereocenters. The third-order valence-electron chi connectivity index (χ3n) is 2.08. The summed E-state index contributed by atoms with van der Waals surface area (Å²) in [5.41, 5.74) is 3.86. The monoisotopic (exact) mass is 193 g/mol. The second-order valence-corrected chi connectivity index (χ2v) is 3.10. The Morgan fingerprint density at radius 3 is 3.07 bits per heavy atom. The van der Waals surface area contributed by atoms with Crippen LogP contribution in [0.3, 0.4) is 0 Å². The van der Waals surface area contributed by atoms with Crippen molar-refractivity contribution >= 4 is 17.3 Å². The van der Waals surface area contributed by atoms with Gasteiger partial charge in [-0.2, -0.15) is 0 Å². The Balaban J connectivity index is 2.37. The maximum atomic E-state index is 11.3. The number of nitrogens with two attached hydrogens (primary N) is 1. The number of nitrogens with one attached hydrogen (secondary N) is 2. The van der Waals surface area contributed by atoms with Crippen LogP contribution in [0.5, 0.6) is 5.75 Å². The third-order valence-corrected chi connectivity index (χ3v) is 2.08. The molecule has 0 aromatic heterocycles. The maximum absolute atomic E-state index is 11.3. The number of nitrogen functional groups attached to an aromatic ring is 1. The molecule has 74 valence electrons. The van der Waals surface area contributed by atoms with Gasteiger partial charge in [0.15, 0.2) is 6.10 Å². The van der Waals surface area contributed by atoms with Gasteiger partial charge in [0.2, 0.25) is 0 Å². The fraction of sp³-hybridized carbons (Fsp3) is 0.222. The van der Waals surface area contributed by atoms with Crippen molar-refractivity contribution in [1.29, 1.82) is 0 Å². The number of ether oxygens (including phenoxy) is 1. The first-order chi connectivity index (χ1) is 6.70. The number of benzene rings is 1. The highest BCUT2D eigenvalue weighted by Gasteiger charge is 2.23. The molecule has 4 N–H and O–H groups in total. The molecule has 1 unspecified atom stereocenters. The molecule has 0 bridgehead atoms. The number of hydrogen-bond acceptors (Lipinski definition) is 4. The molecule has 5 heteroatoms. The van der Waals surface area contributed by atoms with E-state index in [1.165, 1.54) is 0 Å². The van der Waals surface area contributed by atoms with Crippen molar-refractivity contribution in [3.8, 4) is 5.75 Å². The zero-order valence-corrected chi connectivity index (χ0v) is 7.70. The number of carbonyl (C=O) groups excluding carboxylic acids is 1. The lowest BCUT2D eigenvalue weighted by Gasteiger charge is -2.23. The molecule has 0 spiro atoms. The van der Waals surface area contributed by atoms with Crippen LogP contribution in [-0.4, -0.2) is 12.0 Å². The van der Waals surface area contributed by atoms with Crippen LogP contribution in [0.4, 0.5) is 11.4 Å². The van der Waals surface area contributed by atoms with E-state index in [4.69, 9.17) is 10.6 Å². The fourth-order valence-corrected chi connectivity index (χ4v) is 1.30. The van der Waals surface area contributed by atoms with E-state index in [1.807, 2.05) is 0 Å². The lowest BCUT2D eigenvalue weighted by molar-refractivity contribution is -0.122. The predicted octanol–water partition coefficient (Wildman–Crippen LogP) is 0.692. The minimum atomic E-state index is -0.445. The molecule has 0 saturated heterocycles. The Hall–Kier alpha value is -1.75. The summed E-state index contributed by atoms with van der Waals surface area (Å²) < 4.78 is 5.36. The summed E-state index contributed by atoms with van der Waals surface area (Å²) in [5.74, 6) is 5.76. The van der Waals surface area contributed by atoms with Crippen molar-refractivity contribution in [3.63, 3.8) is 0 Å². The number of amides is 1. The van der Waals surface area contributed by atoms with Gasteiger partial charge in [-0.15, -0.1) is 0 Å².